The van der Waals surface area contributed by atoms with Crippen LogP contribution in [0.2, 0.25) is 75.4 Å². The molecule has 7 aliphatic heterocycles. The van der Waals surface area contributed by atoms with Crippen molar-refractivity contribution in [3.63, 3.8) is 0 Å². The number of rotatable bonds is 26. The molecule has 0 aromatic carbocycles. The number of ether oxygens (including phenoxy) is 11. The third-order valence-electron chi connectivity index (χ3n) is 20.9. The highest BCUT2D eigenvalue weighted by molar-refractivity contribution is 9.10. The normalized spacial score (nSPS) is 17.7. The van der Waals surface area contributed by atoms with Crippen LogP contribution in [0.5, 0.6) is 40.2 Å². The number of allylic oxidation sites excluding steroid dienone is 4. The first kappa shape index (κ1) is 126. The fraction of sp³-hybridized carbons (Fsp3) is 0.481. The molecule has 7 aromatic rings. The molecule has 4 amide bonds. The summed E-state index contributed by atoms with van der Waals surface area (Å²) >= 11 is 57.9. The maximum atomic E-state index is 12.2. The van der Waals surface area contributed by atoms with E-state index >= 15 is 0 Å². The molecular formula is C106H133Br2Cl9N14O15Si2. The molecule has 7 aromatic heterocycles. The summed E-state index contributed by atoms with van der Waals surface area (Å²) in [7, 11) is -2.40. The zero-order valence-corrected chi connectivity index (χ0v) is 98.8. The summed E-state index contributed by atoms with van der Waals surface area (Å²) in [6, 6.07) is 15.7. The van der Waals surface area contributed by atoms with Crippen LogP contribution in [0.4, 0.5) is 19.2 Å². The molecule has 0 bridgehead atoms. The monoisotopic (exact) mass is 2370 g/mol. The standard InChI is InChI=1S/C22H20Cl2N4O2.C21H31ClN2O3Si.C18H23ClN2O3.2C14H18BrClN2O3.C9H11ClN2O.C7H10Si.CH2Cl2/c23-21-15(9-19(11-27-21)29-13-17-5-7-25-17)3-1-2-4-16-10-20(12-28-22(16)24)30-14-18-6-8-26-18;1-21(2,3)27-20(25)24-11-10-17(24)15-26-18-13-16(19(22)23-14-18)9-7-8-12-28(4,5)6;1-5-6-7-13-10-15(11-20-16(13)19)23-12-14-8-9-21(14)17(22)24-18(2,3)4;2*1-14(2,3)21-13(19)18-5-4-9(18)8-20-10-6-11(15)12(16)17-7-10;10-9-2-1-8(5-12-9)13-6-7-3-4-11-7;1-5-6-7-8(2,3)4;2-1-3/h9-12,17-18,25-26H,5-8,13-14H2;7-9,12-14,17H,10-11,15H2,1-6H3;5-7,10-11,14H,1,8-9,12H2,2-4H3;2*6-7,9H,4-5,8H2,1-3H3;1-2,5,7,11H,3-4,6H2;1H,2-4H3;1H2/b;9-7?,12-8-;;;;;;/t17-,18-;17-;14-;2*9-;7-;;/m000000../s1. The Kier molecular flexibility index (Phi) is 52.7. The van der Waals surface area contributed by atoms with Crippen molar-refractivity contribution in [2.45, 2.75) is 232 Å². The van der Waals surface area contributed by atoms with Gasteiger partial charge in [-0.05, 0) is 251 Å². The van der Waals surface area contributed by atoms with Crippen LogP contribution in [0.15, 0.2) is 137 Å². The summed E-state index contributed by atoms with van der Waals surface area (Å²) in [4.78, 5) is 83.4. The Morgan fingerprint density at radius 3 is 0.959 bits per heavy atom. The lowest BCUT2D eigenvalue weighted by molar-refractivity contribution is -0.0149. The van der Waals surface area contributed by atoms with Crippen LogP contribution in [0.3, 0.4) is 0 Å². The SMILES string of the molecule is C#CC#C[Si](C)(C)C.C=CC=Cc1cc(OC[C@@H]2CCN2C(=O)OC(C)(C)C)cnc1Cl.CC(C)(C)OC(=O)N1CC[C@H]1COc1cnc(Cl)c(Br)c1.CC(C)(C)OC(=O)N1CC[C@H]1COc1cnc(Cl)c(Br)c1.CC(C)(C)OC(=O)N1CC[C@H]1COc1cnc(Cl)c(C=C/C=C\[Si](C)(C)C)c1.ClCCl.Clc1ccc(OC[C@@H]2CCN2)cn1.Clc1ncc(OC[C@@H]2CCN2)cc1C#CC#Cc1cc(OC[C@@H]2CCN2)cnc1Cl. The Morgan fingerprint density at radius 1 is 0.412 bits per heavy atom. The minimum Gasteiger partial charge on any atom is -0.490 e. The van der Waals surface area contributed by atoms with Crippen LogP contribution in [-0.4, -0.2) is 257 Å². The topological polar surface area (TPSA) is 309 Å². The number of nitrogens with one attached hydrogen (secondary N) is 3. The minimum atomic E-state index is -1.22. The van der Waals surface area contributed by atoms with E-state index in [-0.39, 0.29) is 53.9 Å². The van der Waals surface area contributed by atoms with Gasteiger partial charge in [-0.1, -0.05) is 169 Å². The van der Waals surface area contributed by atoms with Gasteiger partial charge in [0.25, 0.3) is 0 Å². The highest BCUT2D eigenvalue weighted by atomic mass is 79.9. The molecule has 148 heavy (non-hydrogen) atoms. The second-order valence-electron chi connectivity index (χ2n) is 40.2. The zero-order valence-electron chi connectivity index (χ0n) is 86.8. The zero-order chi connectivity index (χ0) is 109. The molecule has 0 unspecified atom stereocenters. The van der Waals surface area contributed by atoms with Crippen LogP contribution in [0.1, 0.15) is 150 Å². The number of carbonyl (C=O) groups is 4. The Hall–Kier alpha value is -9.19. The Balaban J connectivity index is 0.000000238. The van der Waals surface area contributed by atoms with Crippen LogP contribution < -0.4 is 49.1 Å². The van der Waals surface area contributed by atoms with Gasteiger partial charge in [-0.15, -0.1) is 35.2 Å². The fourth-order valence-electron chi connectivity index (χ4n) is 12.5. The van der Waals surface area contributed by atoms with Gasteiger partial charge < -0.3 is 87.7 Å². The maximum Gasteiger partial charge on any atom is 0.410 e. The summed E-state index contributed by atoms with van der Waals surface area (Å²) < 4.78 is 62.8. The number of alkyl halides is 2. The third kappa shape index (κ3) is 48.6. The van der Waals surface area contributed by atoms with E-state index in [4.69, 9.17) is 163 Å². The summed E-state index contributed by atoms with van der Waals surface area (Å²) in [5.41, 5.74) is 5.99. The van der Waals surface area contributed by atoms with Crippen LogP contribution in [0.25, 0.3) is 12.2 Å². The average molecular weight is 2380 g/mol. The van der Waals surface area contributed by atoms with Crippen molar-refractivity contribution >= 4 is 189 Å². The number of carbonyl (C=O) groups excluding carboxylic acids is 4. The van der Waals surface area contributed by atoms with Gasteiger partial charge in [-0.3, -0.25) is 0 Å². The van der Waals surface area contributed by atoms with Gasteiger partial charge >= 0.3 is 24.4 Å². The number of likely N-dealkylation sites (tertiary alicyclic amines) is 4. The van der Waals surface area contributed by atoms with Gasteiger partial charge in [0.15, 0.2) is 0 Å². The molecule has 14 rings (SSSR count). The predicted octanol–water partition coefficient (Wildman–Crippen LogP) is 24.7. The van der Waals surface area contributed by atoms with E-state index in [9.17, 15) is 19.2 Å². The van der Waals surface area contributed by atoms with E-state index in [0.29, 0.717) is 181 Å². The van der Waals surface area contributed by atoms with E-state index in [1.54, 1.807) is 105 Å². The first-order valence-electron chi connectivity index (χ1n) is 48.0. The molecule has 42 heteroatoms. The highest BCUT2D eigenvalue weighted by Crippen LogP contribution is 2.33. The Labute approximate surface area is 935 Å². The van der Waals surface area contributed by atoms with Gasteiger partial charge in [-0.2, -0.15) is 0 Å². The molecule has 0 spiro atoms. The summed E-state index contributed by atoms with van der Waals surface area (Å²) in [5.74, 6) is 20.8. The Bertz CT molecular complexity index is 5660. The molecule has 0 saturated carbocycles. The van der Waals surface area contributed by atoms with Crippen molar-refractivity contribution in [2.24, 2.45) is 0 Å². The van der Waals surface area contributed by atoms with Crippen LogP contribution in [0, 0.1) is 47.5 Å². The predicted molar refractivity (Wildman–Crippen MR) is 604 cm³/mol. The van der Waals surface area contributed by atoms with E-state index in [1.807, 2.05) is 120 Å². The molecule has 802 valence electrons. The van der Waals surface area contributed by atoms with Crippen molar-refractivity contribution in [2.75, 3.05) is 97.4 Å². The van der Waals surface area contributed by atoms with Gasteiger partial charge in [0, 0.05) is 67.6 Å². The van der Waals surface area contributed by atoms with Gasteiger partial charge in [0.1, 0.15) is 153 Å². The molecule has 29 nitrogen and oxygen atoms in total. The fourth-order valence-corrected chi connectivity index (χ4v) is 15.3. The van der Waals surface area contributed by atoms with Crippen molar-refractivity contribution in [3.8, 4) is 87.7 Å². The van der Waals surface area contributed by atoms with Gasteiger partial charge in [-0.25, -0.2) is 54.1 Å². The molecule has 14 heterocycles. The first-order valence-corrected chi connectivity index (χ1v) is 60.3. The highest BCUT2D eigenvalue weighted by Gasteiger charge is 2.40. The summed E-state index contributed by atoms with van der Waals surface area (Å²) in [6.07, 6.45) is 33.1. The molecular weight excluding hydrogens is 2240 g/mol. The quantitative estimate of drug-likeness (QED) is 0.0113. The van der Waals surface area contributed by atoms with Crippen molar-refractivity contribution < 1.29 is 71.3 Å². The van der Waals surface area contributed by atoms with Gasteiger partial charge in [0.05, 0.1) is 101 Å². The number of pyridine rings is 7. The largest absolute Gasteiger partial charge is 0.490 e. The third-order valence-corrected chi connectivity index (χ3v) is 26.7. The van der Waals surface area contributed by atoms with Gasteiger partial charge in [0.2, 0.25) is 0 Å². The van der Waals surface area contributed by atoms with E-state index in [2.05, 4.69) is 181 Å². The van der Waals surface area contributed by atoms with Crippen molar-refractivity contribution in [1.29, 1.82) is 0 Å². The van der Waals surface area contributed by atoms with Crippen LogP contribution >= 0.6 is 136 Å². The van der Waals surface area contributed by atoms with E-state index < -0.39 is 38.6 Å². The number of amides is 4. The maximum absolute atomic E-state index is 12.2. The van der Waals surface area contributed by atoms with Crippen molar-refractivity contribution in [3.05, 3.63) is 196 Å². The number of halogens is 11. The second-order valence-corrected chi connectivity index (χ2v) is 55.1. The second kappa shape index (κ2) is 62.1. The number of aromatic nitrogens is 7. The molecule has 7 fully saturated rings. The molecule has 0 aliphatic carbocycles. The minimum absolute atomic E-state index is 0.0164. The molecule has 7 atom stereocenters. The summed E-state index contributed by atoms with van der Waals surface area (Å²) in [6.45, 7) is 48.7. The average Bonchev–Trinajstić information content (AvgIpc) is 0.828. The number of terminal acetylenes is 1. The number of hydrogen-bond donors (Lipinski definition) is 3. The lowest BCUT2D eigenvalue weighted by atomic mass is 10.1. The molecule has 0 radical (unpaired) electrons. The molecule has 7 aliphatic rings. The van der Waals surface area contributed by atoms with Crippen LogP contribution in [-0.2, 0) is 18.9 Å². The number of nitrogens with zero attached hydrogens (tertiary/aromatic N) is 11. The van der Waals surface area contributed by atoms with E-state index in [1.165, 1.54) is 6.42 Å². The Morgan fingerprint density at radius 2 is 0.703 bits per heavy atom. The van der Waals surface area contributed by atoms with E-state index in [0.717, 1.165) is 75.0 Å². The number of hydrogen-bond acceptors (Lipinski definition) is 25. The lowest BCUT2D eigenvalue weighted by Gasteiger charge is -2.41. The lowest BCUT2D eigenvalue weighted by Crippen LogP contribution is -2.55. The molecule has 3 N–H and O–H groups in total. The molecule has 7 saturated heterocycles. The van der Waals surface area contributed by atoms with Crippen molar-refractivity contribution in [1.82, 2.24) is 70.4 Å². The smallest absolute Gasteiger partial charge is 0.410 e. The first-order chi connectivity index (χ1) is 69.7. The summed E-state index contributed by atoms with van der Waals surface area (Å²) in [5, 5.41) is 12.7.